The van der Waals surface area contributed by atoms with Crippen molar-refractivity contribution in [2.24, 2.45) is 0 Å². The van der Waals surface area contributed by atoms with E-state index in [4.69, 9.17) is 17.0 Å². The third kappa shape index (κ3) is 2.00. The summed E-state index contributed by atoms with van der Waals surface area (Å²) in [5.41, 5.74) is 3.45. The number of imidazole rings is 1. The number of nitrogens with zero attached hydrogens (tertiary/aromatic N) is 1. The van der Waals surface area contributed by atoms with Gasteiger partial charge in [0.05, 0.1) is 23.8 Å². The van der Waals surface area contributed by atoms with Gasteiger partial charge in [-0.05, 0) is 55.0 Å². The normalized spacial score (nSPS) is 10.9. The number of aromatic amines is 1. The summed E-state index contributed by atoms with van der Waals surface area (Å²) < 4.78 is 21.1. The Labute approximate surface area is 120 Å². The molecule has 0 radical (unpaired) electrons. The minimum Gasteiger partial charge on any atom is -0.497 e. The van der Waals surface area contributed by atoms with Crippen LogP contribution in [0.3, 0.4) is 0 Å². The van der Waals surface area contributed by atoms with Crippen molar-refractivity contribution in [3.05, 3.63) is 52.5 Å². The van der Waals surface area contributed by atoms with Crippen LogP contribution in [-0.2, 0) is 0 Å². The quantitative estimate of drug-likeness (QED) is 0.718. The average Bonchev–Trinajstić information content (AvgIpc) is 2.74. The molecule has 0 aliphatic heterocycles. The molecule has 5 heteroatoms. The zero-order valence-electron chi connectivity index (χ0n) is 11.1. The molecule has 0 unspecified atom stereocenters. The van der Waals surface area contributed by atoms with Crippen molar-refractivity contribution >= 4 is 23.3 Å². The summed E-state index contributed by atoms with van der Waals surface area (Å²) in [5, 5.41) is 0. The second kappa shape index (κ2) is 4.76. The molecule has 0 amide bonds. The third-order valence-electron chi connectivity index (χ3n) is 3.29. The molecule has 1 heterocycles. The molecule has 3 aromatic rings. The predicted molar refractivity (Wildman–Crippen MR) is 79.7 cm³/mol. The van der Waals surface area contributed by atoms with E-state index in [1.165, 1.54) is 12.1 Å². The Kier molecular flexibility index (Phi) is 3.06. The van der Waals surface area contributed by atoms with Crippen molar-refractivity contribution in [3.8, 4) is 11.4 Å². The van der Waals surface area contributed by atoms with Gasteiger partial charge in [0.15, 0.2) is 4.77 Å². The summed E-state index contributed by atoms with van der Waals surface area (Å²) in [4.78, 5) is 3.09. The largest absolute Gasteiger partial charge is 0.497 e. The molecular weight excluding hydrogens is 275 g/mol. The molecule has 0 spiro atoms. The molecule has 0 fully saturated rings. The summed E-state index contributed by atoms with van der Waals surface area (Å²) in [6.07, 6.45) is 0. The van der Waals surface area contributed by atoms with Crippen molar-refractivity contribution in [2.45, 2.75) is 6.92 Å². The number of aryl methyl sites for hydroxylation is 1. The first kappa shape index (κ1) is 12.9. The molecule has 102 valence electrons. The number of rotatable bonds is 2. The van der Waals surface area contributed by atoms with Gasteiger partial charge in [0.2, 0.25) is 0 Å². The average molecular weight is 288 g/mol. The molecular formula is C15H13FN2OS. The number of halogens is 1. The van der Waals surface area contributed by atoms with Gasteiger partial charge in [-0.3, -0.25) is 4.57 Å². The highest BCUT2D eigenvalue weighted by Gasteiger charge is 2.10. The van der Waals surface area contributed by atoms with Gasteiger partial charge in [-0.1, -0.05) is 0 Å². The number of fused-ring (bicyclic) bond motifs is 1. The number of benzene rings is 2. The fourth-order valence-electron chi connectivity index (χ4n) is 2.32. The minimum absolute atomic E-state index is 0.286. The fraction of sp³-hybridized carbons (Fsp3) is 0.133. The molecule has 0 bridgehead atoms. The Balaban J connectivity index is 2.31. The molecule has 3 rings (SSSR count). The maximum Gasteiger partial charge on any atom is 0.182 e. The first-order chi connectivity index (χ1) is 9.60. The summed E-state index contributed by atoms with van der Waals surface area (Å²) in [6, 6.07) is 10.3. The van der Waals surface area contributed by atoms with Crippen molar-refractivity contribution in [2.75, 3.05) is 7.11 Å². The lowest BCUT2D eigenvalue weighted by atomic mass is 10.2. The lowest BCUT2D eigenvalue weighted by Crippen LogP contribution is -1.98. The smallest absolute Gasteiger partial charge is 0.182 e. The molecule has 0 saturated heterocycles. The summed E-state index contributed by atoms with van der Waals surface area (Å²) in [7, 11) is 1.63. The van der Waals surface area contributed by atoms with Gasteiger partial charge >= 0.3 is 0 Å². The van der Waals surface area contributed by atoms with Crippen molar-refractivity contribution in [1.29, 1.82) is 0 Å². The second-order valence-electron chi connectivity index (χ2n) is 4.58. The summed E-state index contributed by atoms with van der Waals surface area (Å²) in [5.74, 6) is 0.496. The standard InChI is InChI=1S/C15H13FN2OS/c1-9-7-11(19-2)4-6-13(9)18-14-8-10(16)3-5-12(14)17-15(18)20/h3-8H,1-2H3,(H,17,20). The lowest BCUT2D eigenvalue weighted by Gasteiger charge is -2.10. The van der Waals surface area contributed by atoms with Crippen LogP contribution in [0.1, 0.15) is 5.56 Å². The van der Waals surface area contributed by atoms with Gasteiger partial charge in [0.1, 0.15) is 11.6 Å². The summed E-state index contributed by atoms with van der Waals surface area (Å²) in [6.45, 7) is 1.97. The van der Waals surface area contributed by atoms with Crippen LogP contribution in [0.25, 0.3) is 16.7 Å². The van der Waals surface area contributed by atoms with Gasteiger partial charge in [0, 0.05) is 6.07 Å². The SMILES string of the molecule is COc1ccc(-n2c(=S)[nH]c3ccc(F)cc32)c(C)c1. The number of ether oxygens (including phenoxy) is 1. The maximum atomic E-state index is 13.5. The van der Waals surface area contributed by atoms with Gasteiger partial charge in [0.25, 0.3) is 0 Å². The molecule has 3 nitrogen and oxygen atoms in total. The monoisotopic (exact) mass is 288 g/mol. The predicted octanol–water partition coefficient (Wildman–Crippen LogP) is 4.14. The number of nitrogens with one attached hydrogen (secondary N) is 1. The second-order valence-corrected chi connectivity index (χ2v) is 4.97. The van der Waals surface area contributed by atoms with Crippen LogP contribution in [0.4, 0.5) is 4.39 Å². The van der Waals surface area contributed by atoms with Crippen molar-refractivity contribution < 1.29 is 9.13 Å². The van der Waals surface area contributed by atoms with Gasteiger partial charge in [-0.2, -0.15) is 0 Å². The van der Waals surface area contributed by atoms with E-state index in [0.29, 0.717) is 4.77 Å². The Morgan fingerprint density at radius 1 is 1.20 bits per heavy atom. The summed E-state index contributed by atoms with van der Waals surface area (Å²) >= 11 is 5.35. The van der Waals surface area contributed by atoms with E-state index in [0.717, 1.165) is 28.0 Å². The molecule has 0 atom stereocenters. The van der Waals surface area contributed by atoms with Gasteiger partial charge in [-0.25, -0.2) is 4.39 Å². The van der Waals surface area contributed by atoms with E-state index in [1.54, 1.807) is 13.2 Å². The van der Waals surface area contributed by atoms with E-state index in [9.17, 15) is 4.39 Å². The number of hydrogen-bond donors (Lipinski definition) is 1. The molecule has 0 aliphatic carbocycles. The Hall–Kier alpha value is -2.14. The van der Waals surface area contributed by atoms with Crippen molar-refractivity contribution in [3.63, 3.8) is 0 Å². The Morgan fingerprint density at radius 2 is 2.00 bits per heavy atom. The molecule has 20 heavy (non-hydrogen) atoms. The van der Waals surface area contributed by atoms with E-state index in [2.05, 4.69) is 4.98 Å². The number of aromatic nitrogens is 2. The molecule has 0 aliphatic rings. The zero-order chi connectivity index (χ0) is 14.3. The lowest BCUT2D eigenvalue weighted by molar-refractivity contribution is 0.414. The first-order valence-corrected chi connectivity index (χ1v) is 6.56. The maximum absolute atomic E-state index is 13.5. The van der Waals surface area contributed by atoms with Crippen LogP contribution >= 0.6 is 12.2 Å². The number of methoxy groups -OCH3 is 1. The van der Waals surface area contributed by atoms with Crippen LogP contribution in [0.2, 0.25) is 0 Å². The number of H-pyrrole nitrogens is 1. The van der Waals surface area contributed by atoms with Crippen LogP contribution in [0.15, 0.2) is 36.4 Å². The van der Waals surface area contributed by atoms with E-state index < -0.39 is 0 Å². The van der Waals surface area contributed by atoms with E-state index >= 15 is 0 Å². The third-order valence-corrected chi connectivity index (χ3v) is 3.57. The topological polar surface area (TPSA) is 29.9 Å². The highest BCUT2D eigenvalue weighted by Crippen LogP contribution is 2.25. The highest BCUT2D eigenvalue weighted by atomic mass is 32.1. The molecule has 1 N–H and O–H groups in total. The van der Waals surface area contributed by atoms with Crippen LogP contribution in [0, 0.1) is 17.5 Å². The molecule has 2 aromatic carbocycles. The molecule has 0 saturated carbocycles. The number of hydrogen-bond acceptors (Lipinski definition) is 2. The van der Waals surface area contributed by atoms with E-state index in [1.807, 2.05) is 29.7 Å². The minimum atomic E-state index is -0.286. The van der Waals surface area contributed by atoms with Gasteiger partial charge in [-0.15, -0.1) is 0 Å². The van der Waals surface area contributed by atoms with E-state index in [-0.39, 0.29) is 5.82 Å². The van der Waals surface area contributed by atoms with Crippen molar-refractivity contribution in [1.82, 2.24) is 9.55 Å². The zero-order valence-corrected chi connectivity index (χ0v) is 11.9. The highest BCUT2D eigenvalue weighted by molar-refractivity contribution is 7.71. The van der Waals surface area contributed by atoms with Gasteiger partial charge < -0.3 is 9.72 Å². The molecule has 1 aromatic heterocycles. The van der Waals surface area contributed by atoms with Crippen LogP contribution in [-0.4, -0.2) is 16.7 Å². The Morgan fingerprint density at radius 3 is 2.70 bits per heavy atom. The van der Waals surface area contributed by atoms with Crippen LogP contribution < -0.4 is 4.74 Å². The Bertz CT molecular complexity index is 851. The van der Waals surface area contributed by atoms with Crippen LogP contribution in [0.5, 0.6) is 5.75 Å². The fourth-order valence-corrected chi connectivity index (χ4v) is 2.63. The first-order valence-electron chi connectivity index (χ1n) is 6.15.